The van der Waals surface area contributed by atoms with Gasteiger partial charge in [-0.2, -0.15) is 0 Å². The van der Waals surface area contributed by atoms with Gasteiger partial charge in [-0.15, -0.1) is 0 Å². The quantitative estimate of drug-likeness (QED) is 0.641. The number of carbonyl (C=O) groups excluding carboxylic acids is 1. The van der Waals surface area contributed by atoms with E-state index in [0.717, 1.165) is 24.1 Å². The standard InChI is InChI=1S/C11H14N2O2/c12-11(15)13-9-3-1-8-6-10(14)4-2-7(8)5-9/h1,3,5,10,14H,2,4,6H2,(H3,12,13,15). The van der Waals surface area contributed by atoms with Crippen LogP contribution in [0.1, 0.15) is 17.5 Å². The largest absolute Gasteiger partial charge is 0.393 e. The molecular formula is C11H14N2O2. The van der Waals surface area contributed by atoms with Gasteiger partial charge >= 0.3 is 6.03 Å². The summed E-state index contributed by atoms with van der Waals surface area (Å²) in [5, 5.41) is 12.0. The van der Waals surface area contributed by atoms with E-state index >= 15 is 0 Å². The zero-order valence-corrected chi connectivity index (χ0v) is 8.36. The summed E-state index contributed by atoms with van der Waals surface area (Å²) < 4.78 is 0. The summed E-state index contributed by atoms with van der Waals surface area (Å²) in [6, 6.07) is 5.11. The molecule has 0 bridgehead atoms. The van der Waals surface area contributed by atoms with Crippen molar-refractivity contribution in [3.63, 3.8) is 0 Å². The molecule has 0 aromatic heterocycles. The van der Waals surface area contributed by atoms with Crippen molar-refractivity contribution in [1.29, 1.82) is 0 Å². The number of rotatable bonds is 1. The first-order chi connectivity index (χ1) is 7.15. The van der Waals surface area contributed by atoms with Crippen LogP contribution in [0.2, 0.25) is 0 Å². The first-order valence-electron chi connectivity index (χ1n) is 5.01. The normalized spacial score (nSPS) is 19.4. The van der Waals surface area contributed by atoms with E-state index in [1.807, 2.05) is 18.2 Å². The molecule has 1 unspecified atom stereocenters. The second kappa shape index (κ2) is 3.90. The van der Waals surface area contributed by atoms with Gasteiger partial charge in [0.15, 0.2) is 0 Å². The number of hydrogen-bond donors (Lipinski definition) is 3. The maximum absolute atomic E-state index is 10.7. The van der Waals surface area contributed by atoms with Crippen LogP contribution in [-0.2, 0) is 12.8 Å². The molecule has 4 nitrogen and oxygen atoms in total. The summed E-state index contributed by atoms with van der Waals surface area (Å²) in [6.07, 6.45) is 2.11. The van der Waals surface area contributed by atoms with Crippen LogP contribution in [0.15, 0.2) is 18.2 Å². The Morgan fingerprint density at radius 3 is 3.00 bits per heavy atom. The number of anilines is 1. The van der Waals surface area contributed by atoms with Crippen molar-refractivity contribution >= 4 is 11.7 Å². The topological polar surface area (TPSA) is 75.4 Å². The maximum Gasteiger partial charge on any atom is 0.316 e. The Labute approximate surface area is 88.1 Å². The van der Waals surface area contributed by atoms with E-state index in [1.54, 1.807) is 0 Å². The Morgan fingerprint density at radius 2 is 2.27 bits per heavy atom. The minimum absolute atomic E-state index is 0.229. The molecule has 4 heteroatoms. The molecule has 0 fully saturated rings. The lowest BCUT2D eigenvalue weighted by Gasteiger charge is -2.21. The van der Waals surface area contributed by atoms with E-state index < -0.39 is 6.03 Å². The van der Waals surface area contributed by atoms with E-state index in [1.165, 1.54) is 5.56 Å². The van der Waals surface area contributed by atoms with Crippen LogP contribution in [0.4, 0.5) is 10.5 Å². The number of fused-ring (bicyclic) bond motifs is 1. The third kappa shape index (κ3) is 2.27. The number of urea groups is 1. The van der Waals surface area contributed by atoms with Crippen molar-refractivity contribution in [2.75, 3.05) is 5.32 Å². The third-order valence-electron chi connectivity index (χ3n) is 2.68. The van der Waals surface area contributed by atoms with Gasteiger partial charge in [0.25, 0.3) is 0 Å². The molecule has 0 spiro atoms. The SMILES string of the molecule is NC(=O)Nc1ccc2c(c1)CCC(O)C2. The summed E-state index contributed by atoms with van der Waals surface area (Å²) in [4.78, 5) is 10.7. The average molecular weight is 206 g/mol. The van der Waals surface area contributed by atoms with Crippen molar-refractivity contribution in [2.24, 2.45) is 5.73 Å². The number of hydrogen-bond acceptors (Lipinski definition) is 2. The molecule has 1 aliphatic carbocycles. The van der Waals surface area contributed by atoms with Gasteiger partial charge in [0.05, 0.1) is 6.10 Å². The number of aryl methyl sites for hydroxylation is 1. The molecule has 15 heavy (non-hydrogen) atoms. The predicted molar refractivity (Wildman–Crippen MR) is 57.7 cm³/mol. The van der Waals surface area contributed by atoms with Crippen LogP contribution in [0.25, 0.3) is 0 Å². The zero-order chi connectivity index (χ0) is 10.8. The fraction of sp³-hybridized carbons (Fsp3) is 0.364. The van der Waals surface area contributed by atoms with Gasteiger partial charge in [-0.1, -0.05) is 6.07 Å². The first-order valence-corrected chi connectivity index (χ1v) is 5.01. The molecule has 0 radical (unpaired) electrons. The van der Waals surface area contributed by atoms with Gasteiger partial charge in [0.2, 0.25) is 0 Å². The highest BCUT2D eigenvalue weighted by molar-refractivity contribution is 5.87. The molecule has 1 aromatic carbocycles. The highest BCUT2D eigenvalue weighted by atomic mass is 16.3. The predicted octanol–water partition coefficient (Wildman–Crippen LogP) is 1.03. The average Bonchev–Trinajstić information content (AvgIpc) is 2.17. The molecule has 0 heterocycles. The number of aliphatic hydroxyl groups excluding tert-OH is 1. The maximum atomic E-state index is 10.7. The molecule has 4 N–H and O–H groups in total. The smallest absolute Gasteiger partial charge is 0.316 e. The van der Waals surface area contributed by atoms with Gasteiger partial charge in [-0.05, 0) is 42.5 Å². The van der Waals surface area contributed by atoms with Gasteiger partial charge < -0.3 is 16.2 Å². The zero-order valence-electron chi connectivity index (χ0n) is 8.36. The molecule has 1 aromatic rings. The molecule has 80 valence electrons. The van der Waals surface area contributed by atoms with Gasteiger partial charge in [0, 0.05) is 5.69 Å². The Kier molecular flexibility index (Phi) is 2.60. The lowest BCUT2D eigenvalue weighted by molar-refractivity contribution is 0.158. The van der Waals surface area contributed by atoms with Gasteiger partial charge in [-0.25, -0.2) is 4.79 Å². The number of primary amides is 1. The van der Waals surface area contributed by atoms with E-state index in [2.05, 4.69) is 5.32 Å². The van der Waals surface area contributed by atoms with Crippen LogP contribution in [0.5, 0.6) is 0 Å². The summed E-state index contributed by atoms with van der Waals surface area (Å²) in [5.41, 5.74) is 8.10. The lowest BCUT2D eigenvalue weighted by Crippen LogP contribution is -2.21. The monoisotopic (exact) mass is 206 g/mol. The Bertz CT molecular complexity index is 390. The van der Waals surface area contributed by atoms with E-state index in [9.17, 15) is 9.90 Å². The molecule has 1 aliphatic rings. The second-order valence-corrected chi connectivity index (χ2v) is 3.87. The fourth-order valence-electron chi connectivity index (χ4n) is 1.96. The minimum atomic E-state index is -0.550. The second-order valence-electron chi connectivity index (χ2n) is 3.87. The Hall–Kier alpha value is -1.55. The first kappa shape index (κ1) is 9.98. The Morgan fingerprint density at radius 1 is 1.47 bits per heavy atom. The number of amides is 2. The highest BCUT2D eigenvalue weighted by Crippen LogP contribution is 2.24. The summed E-state index contributed by atoms with van der Waals surface area (Å²) >= 11 is 0. The van der Waals surface area contributed by atoms with E-state index in [-0.39, 0.29) is 6.10 Å². The van der Waals surface area contributed by atoms with E-state index in [0.29, 0.717) is 6.42 Å². The number of benzene rings is 1. The number of nitrogens with two attached hydrogens (primary N) is 1. The highest BCUT2D eigenvalue weighted by Gasteiger charge is 2.16. The third-order valence-corrected chi connectivity index (χ3v) is 2.68. The van der Waals surface area contributed by atoms with Crippen LogP contribution < -0.4 is 11.1 Å². The van der Waals surface area contributed by atoms with Gasteiger partial charge in [-0.3, -0.25) is 0 Å². The molecule has 2 amide bonds. The van der Waals surface area contributed by atoms with Crippen molar-refractivity contribution < 1.29 is 9.90 Å². The van der Waals surface area contributed by atoms with Crippen molar-refractivity contribution in [3.05, 3.63) is 29.3 Å². The summed E-state index contributed by atoms with van der Waals surface area (Å²) in [7, 11) is 0. The lowest BCUT2D eigenvalue weighted by atomic mass is 9.89. The molecule has 0 saturated carbocycles. The number of aliphatic hydroxyl groups is 1. The van der Waals surface area contributed by atoms with Crippen molar-refractivity contribution in [3.8, 4) is 0 Å². The van der Waals surface area contributed by atoms with Crippen molar-refractivity contribution in [1.82, 2.24) is 0 Å². The van der Waals surface area contributed by atoms with Crippen molar-refractivity contribution in [2.45, 2.75) is 25.4 Å². The number of carbonyl (C=O) groups is 1. The molecule has 1 atom stereocenters. The molecule has 0 saturated heterocycles. The van der Waals surface area contributed by atoms with Crippen LogP contribution in [0, 0.1) is 0 Å². The van der Waals surface area contributed by atoms with Gasteiger partial charge in [0.1, 0.15) is 0 Å². The Balaban J connectivity index is 2.23. The van der Waals surface area contributed by atoms with E-state index in [4.69, 9.17) is 5.73 Å². The van der Waals surface area contributed by atoms with Crippen LogP contribution >= 0.6 is 0 Å². The van der Waals surface area contributed by atoms with Crippen LogP contribution in [0.3, 0.4) is 0 Å². The summed E-state index contributed by atoms with van der Waals surface area (Å²) in [6.45, 7) is 0. The molecule has 0 aliphatic heterocycles. The molecule has 2 rings (SSSR count). The number of nitrogens with one attached hydrogen (secondary N) is 1. The minimum Gasteiger partial charge on any atom is -0.393 e. The molecular weight excluding hydrogens is 192 g/mol. The fourth-order valence-corrected chi connectivity index (χ4v) is 1.96. The summed E-state index contributed by atoms with van der Waals surface area (Å²) in [5.74, 6) is 0. The van der Waals surface area contributed by atoms with Crippen LogP contribution in [-0.4, -0.2) is 17.2 Å².